The van der Waals surface area contributed by atoms with Crippen LogP contribution >= 0.6 is 11.6 Å². The van der Waals surface area contributed by atoms with E-state index in [-0.39, 0.29) is 17.8 Å². The van der Waals surface area contributed by atoms with Crippen LogP contribution in [-0.4, -0.2) is 54.8 Å². The lowest BCUT2D eigenvalue weighted by atomic mass is 10.2. The van der Waals surface area contributed by atoms with Gasteiger partial charge in [0.2, 0.25) is 0 Å². The van der Waals surface area contributed by atoms with Crippen LogP contribution in [0.2, 0.25) is 0 Å². The van der Waals surface area contributed by atoms with Crippen LogP contribution in [0.15, 0.2) is 0 Å². The van der Waals surface area contributed by atoms with E-state index in [0.717, 1.165) is 26.2 Å². The first-order valence-electron chi connectivity index (χ1n) is 5.98. The molecule has 0 aliphatic carbocycles. The molecule has 4 heteroatoms. The van der Waals surface area contributed by atoms with Gasteiger partial charge < -0.3 is 9.47 Å². The van der Waals surface area contributed by atoms with E-state index in [4.69, 9.17) is 21.1 Å². The zero-order chi connectivity index (χ0) is 12.2. The smallest absolute Gasteiger partial charge is 0.0841 e. The Labute approximate surface area is 104 Å². The minimum atomic E-state index is -0.0518. The van der Waals surface area contributed by atoms with Gasteiger partial charge >= 0.3 is 0 Å². The summed E-state index contributed by atoms with van der Waals surface area (Å²) in [5.41, 5.74) is -0.0518. The van der Waals surface area contributed by atoms with Crippen molar-refractivity contribution in [3.63, 3.8) is 0 Å². The van der Waals surface area contributed by atoms with Gasteiger partial charge in [-0.3, -0.25) is 4.90 Å². The zero-order valence-corrected chi connectivity index (χ0v) is 11.6. The van der Waals surface area contributed by atoms with E-state index < -0.39 is 0 Å². The minimum Gasteiger partial charge on any atom is -0.375 e. The summed E-state index contributed by atoms with van der Waals surface area (Å²) in [6.45, 7) is 12.0. The molecule has 0 saturated carbocycles. The highest BCUT2D eigenvalue weighted by molar-refractivity contribution is 6.18. The van der Waals surface area contributed by atoms with Gasteiger partial charge in [0.25, 0.3) is 0 Å². The van der Waals surface area contributed by atoms with Gasteiger partial charge in [-0.05, 0) is 27.7 Å². The Hall–Kier alpha value is 0.170. The van der Waals surface area contributed by atoms with Crippen LogP contribution in [0.4, 0.5) is 0 Å². The predicted molar refractivity (Wildman–Crippen MR) is 67.2 cm³/mol. The van der Waals surface area contributed by atoms with E-state index in [1.165, 1.54) is 0 Å². The number of alkyl halides is 1. The number of hydrogen-bond donors (Lipinski definition) is 0. The number of nitrogens with zero attached hydrogens (tertiary/aromatic N) is 1. The van der Waals surface area contributed by atoms with Crippen LogP contribution in [0.5, 0.6) is 0 Å². The first-order valence-corrected chi connectivity index (χ1v) is 6.52. The van der Waals surface area contributed by atoms with Gasteiger partial charge in [0, 0.05) is 25.5 Å². The second kappa shape index (κ2) is 6.20. The van der Waals surface area contributed by atoms with Crippen molar-refractivity contribution < 1.29 is 9.47 Å². The number of halogens is 1. The fourth-order valence-corrected chi connectivity index (χ4v) is 2.06. The molecule has 0 spiro atoms. The van der Waals surface area contributed by atoms with E-state index in [2.05, 4.69) is 32.6 Å². The van der Waals surface area contributed by atoms with Crippen LogP contribution in [0.1, 0.15) is 27.7 Å². The van der Waals surface area contributed by atoms with Crippen molar-refractivity contribution in [2.45, 2.75) is 45.5 Å². The van der Waals surface area contributed by atoms with Crippen molar-refractivity contribution in [3.8, 4) is 0 Å². The Morgan fingerprint density at radius 3 is 2.62 bits per heavy atom. The maximum absolute atomic E-state index is 5.83. The molecule has 0 aromatic carbocycles. The highest BCUT2D eigenvalue weighted by atomic mass is 35.5. The molecule has 0 aromatic heterocycles. The van der Waals surface area contributed by atoms with Gasteiger partial charge in [-0.15, -0.1) is 11.6 Å². The summed E-state index contributed by atoms with van der Waals surface area (Å²) < 4.78 is 11.4. The predicted octanol–water partition coefficient (Wildman–Crippen LogP) is 2.13. The maximum Gasteiger partial charge on any atom is 0.0841 e. The molecule has 3 nitrogen and oxygen atoms in total. The minimum absolute atomic E-state index is 0.0518. The molecule has 1 saturated heterocycles. The fraction of sp³-hybridized carbons (Fsp3) is 1.00. The topological polar surface area (TPSA) is 21.7 Å². The van der Waals surface area contributed by atoms with Gasteiger partial charge in [-0.25, -0.2) is 0 Å². The van der Waals surface area contributed by atoms with E-state index in [0.29, 0.717) is 5.88 Å². The number of hydrogen-bond acceptors (Lipinski definition) is 3. The Kier molecular flexibility index (Phi) is 5.51. The third kappa shape index (κ3) is 5.48. The summed E-state index contributed by atoms with van der Waals surface area (Å²) in [5.74, 6) is 0.570. The van der Waals surface area contributed by atoms with Crippen LogP contribution in [0, 0.1) is 0 Å². The zero-order valence-electron chi connectivity index (χ0n) is 10.8. The Morgan fingerprint density at radius 2 is 2.06 bits per heavy atom. The standard InChI is InChI=1S/C12H24ClNO2/c1-10-8-14(9-11(7-13)16-10)5-6-15-12(2,3)4/h10-11H,5-9H2,1-4H3. The van der Waals surface area contributed by atoms with Crippen molar-refractivity contribution in [3.05, 3.63) is 0 Å². The largest absolute Gasteiger partial charge is 0.375 e. The molecule has 16 heavy (non-hydrogen) atoms. The molecule has 0 amide bonds. The molecule has 1 rings (SSSR count). The Balaban J connectivity index is 2.26. The fourth-order valence-electron chi connectivity index (χ4n) is 1.89. The summed E-state index contributed by atoms with van der Waals surface area (Å²) >= 11 is 5.83. The average molecular weight is 250 g/mol. The van der Waals surface area contributed by atoms with E-state index in [9.17, 15) is 0 Å². The second-order valence-corrected chi connectivity index (χ2v) is 5.75. The maximum atomic E-state index is 5.83. The van der Waals surface area contributed by atoms with Crippen molar-refractivity contribution in [2.24, 2.45) is 0 Å². The lowest BCUT2D eigenvalue weighted by Gasteiger charge is -2.36. The SMILES string of the molecule is CC1CN(CCOC(C)(C)C)CC(CCl)O1. The van der Waals surface area contributed by atoms with Gasteiger partial charge in [-0.2, -0.15) is 0 Å². The van der Waals surface area contributed by atoms with Crippen molar-refractivity contribution >= 4 is 11.6 Å². The molecule has 2 atom stereocenters. The Morgan fingerprint density at radius 1 is 1.38 bits per heavy atom. The number of ether oxygens (including phenoxy) is 2. The molecule has 1 fully saturated rings. The van der Waals surface area contributed by atoms with Crippen LogP contribution < -0.4 is 0 Å². The monoisotopic (exact) mass is 249 g/mol. The Bertz CT molecular complexity index is 206. The third-order valence-electron chi connectivity index (χ3n) is 2.52. The molecular formula is C12H24ClNO2. The molecule has 1 heterocycles. The third-order valence-corrected chi connectivity index (χ3v) is 2.86. The van der Waals surface area contributed by atoms with Crippen LogP contribution in [0.3, 0.4) is 0 Å². The molecular weight excluding hydrogens is 226 g/mol. The second-order valence-electron chi connectivity index (χ2n) is 5.44. The summed E-state index contributed by atoms with van der Waals surface area (Å²) in [5, 5.41) is 0. The summed E-state index contributed by atoms with van der Waals surface area (Å²) in [6, 6.07) is 0. The van der Waals surface area contributed by atoms with Gasteiger partial charge in [0.1, 0.15) is 0 Å². The summed E-state index contributed by atoms with van der Waals surface area (Å²) in [4.78, 5) is 2.37. The van der Waals surface area contributed by atoms with Gasteiger partial charge in [-0.1, -0.05) is 0 Å². The molecule has 96 valence electrons. The molecule has 0 radical (unpaired) electrons. The molecule has 0 aromatic rings. The quantitative estimate of drug-likeness (QED) is 0.713. The summed E-state index contributed by atoms with van der Waals surface area (Å²) in [7, 11) is 0. The first kappa shape index (κ1) is 14.2. The van der Waals surface area contributed by atoms with Gasteiger partial charge in [0.15, 0.2) is 0 Å². The highest BCUT2D eigenvalue weighted by Crippen LogP contribution is 2.13. The van der Waals surface area contributed by atoms with Crippen molar-refractivity contribution in [2.75, 3.05) is 32.1 Å². The van der Waals surface area contributed by atoms with Crippen LogP contribution in [-0.2, 0) is 9.47 Å². The molecule has 0 N–H and O–H groups in total. The van der Waals surface area contributed by atoms with Crippen molar-refractivity contribution in [1.82, 2.24) is 4.90 Å². The number of morpholine rings is 1. The van der Waals surface area contributed by atoms with Gasteiger partial charge in [0.05, 0.1) is 24.4 Å². The van der Waals surface area contributed by atoms with E-state index >= 15 is 0 Å². The molecule has 1 aliphatic heterocycles. The molecule has 2 unspecified atom stereocenters. The van der Waals surface area contributed by atoms with Crippen LogP contribution in [0.25, 0.3) is 0 Å². The first-order chi connectivity index (χ1) is 7.40. The normalized spacial score (nSPS) is 28.3. The van der Waals surface area contributed by atoms with Crippen molar-refractivity contribution in [1.29, 1.82) is 0 Å². The molecule has 1 aliphatic rings. The molecule has 0 bridgehead atoms. The lowest BCUT2D eigenvalue weighted by molar-refractivity contribution is -0.0800. The van der Waals surface area contributed by atoms with E-state index in [1.807, 2.05) is 0 Å². The lowest BCUT2D eigenvalue weighted by Crippen LogP contribution is -2.48. The average Bonchev–Trinajstić information content (AvgIpc) is 2.14. The highest BCUT2D eigenvalue weighted by Gasteiger charge is 2.24. The summed E-state index contributed by atoms with van der Waals surface area (Å²) in [6.07, 6.45) is 0.437. The van der Waals surface area contributed by atoms with E-state index in [1.54, 1.807) is 0 Å². The number of rotatable bonds is 4.